The monoisotopic (exact) mass is 511 g/mol. The smallest absolute Gasteiger partial charge is 0.189 e. The largest absolute Gasteiger partial charge is 0.495 e. The Morgan fingerprint density at radius 2 is 1.67 bits per heavy atom. The van der Waals surface area contributed by atoms with E-state index in [0.717, 1.165) is 24.1 Å². The number of hydrogen-bond donors (Lipinski definition) is 1. The number of pyridine rings is 1. The number of nitrogens with two attached hydrogens (primary N) is 1. The van der Waals surface area contributed by atoms with Crippen molar-refractivity contribution in [3.8, 4) is 17.2 Å². The molecular formula is C29H41N3O3S. The average Bonchev–Trinajstić information content (AvgIpc) is 3.56. The van der Waals surface area contributed by atoms with Crippen LogP contribution in [0.1, 0.15) is 112 Å². The van der Waals surface area contributed by atoms with Crippen LogP contribution in [0, 0.1) is 0 Å². The lowest BCUT2D eigenvalue weighted by Gasteiger charge is -2.15. The van der Waals surface area contributed by atoms with E-state index < -0.39 is 0 Å². The van der Waals surface area contributed by atoms with Crippen molar-refractivity contribution in [1.82, 2.24) is 9.97 Å². The Bertz CT molecular complexity index is 1020. The van der Waals surface area contributed by atoms with Crippen molar-refractivity contribution in [3.05, 3.63) is 47.3 Å². The summed E-state index contributed by atoms with van der Waals surface area (Å²) in [5, 5.41) is 0.437. The van der Waals surface area contributed by atoms with Crippen LogP contribution in [-0.4, -0.2) is 22.9 Å². The molecule has 36 heavy (non-hydrogen) atoms. The molecule has 3 heterocycles. The minimum absolute atomic E-state index is 0.0165. The van der Waals surface area contributed by atoms with Crippen molar-refractivity contribution in [2.75, 3.05) is 12.8 Å². The van der Waals surface area contributed by atoms with Crippen LogP contribution >= 0.6 is 11.3 Å². The molecule has 6 nitrogen and oxygen atoms in total. The Labute approximate surface area is 219 Å². The first-order chi connectivity index (χ1) is 17.6. The second kappa shape index (κ2) is 15.4. The summed E-state index contributed by atoms with van der Waals surface area (Å²) in [7, 11) is 1.59. The zero-order valence-electron chi connectivity index (χ0n) is 21.8. The number of carbonyl (C=O) groups is 1. The molecule has 1 unspecified atom stereocenters. The Hall–Kier alpha value is -2.67. The lowest BCUT2D eigenvalue weighted by atomic mass is 9.91. The predicted octanol–water partition coefficient (Wildman–Crippen LogP) is 8.45. The summed E-state index contributed by atoms with van der Waals surface area (Å²) in [6.07, 6.45) is 19.3. The molecule has 0 aliphatic carbocycles. The summed E-state index contributed by atoms with van der Waals surface area (Å²) in [5.74, 6) is 0.886. The maximum Gasteiger partial charge on any atom is 0.189 e. The van der Waals surface area contributed by atoms with E-state index in [9.17, 15) is 4.79 Å². The first kappa shape index (κ1) is 27.9. The first-order valence-electron chi connectivity index (χ1n) is 13.5. The van der Waals surface area contributed by atoms with Gasteiger partial charge >= 0.3 is 0 Å². The summed E-state index contributed by atoms with van der Waals surface area (Å²) in [5.41, 5.74) is 7.18. The van der Waals surface area contributed by atoms with Gasteiger partial charge in [0.2, 0.25) is 0 Å². The topological polar surface area (TPSA) is 91.2 Å². The van der Waals surface area contributed by atoms with E-state index in [-0.39, 0.29) is 11.7 Å². The van der Waals surface area contributed by atoms with E-state index in [1.165, 1.54) is 75.5 Å². The van der Waals surface area contributed by atoms with Gasteiger partial charge in [0.1, 0.15) is 17.1 Å². The molecule has 0 fully saturated rings. The summed E-state index contributed by atoms with van der Waals surface area (Å²) in [4.78, 5) is 23.3. The van der Waals surface area contributed by atoms with Gasteiger partial charge in [-0.25, -0.2) is 9.97 Å². The van der Waals surface area contributed by atoms with Crippen molar-refractivity contribution in [3.63, 3.8) is 0 Å². The number of furan rings is 1. The van der Waals surface area contributed by atoms with E-state index in [0.29, 0.717) is 28.0 Å². The van der Waals surface area contributed by atoms with Crippen LogP contribution in [0.15, 0.2) is 41.1 Å². The van der Waals surface area contributed by atoms with Gasteiger partial charge in [0.05, 0.1) is 25.5 Å². The lowest BCUT2D eigenvalue weighted by molar-refractivity contribution is 0.0950. The number of rotatable bonds is 18. The Morgan fingerprint density at radius 1 is 1.00 bits per heavy atom. The number of unbranched alkanes of at least 4 members (excludes halogenated alkanes) is 11. The third-order valence-corrected chi connectivity index (χ3v) is 7.63. The van der Waals surface area contributed by atoms with Crippen molar-refractivity contribution in [2.24, 2.45) is 0 Å². The highest BCUT2D eigenvalue weighted by molar-refractivity contribution is 7.16. The van der Waals surface area contributed by atoms with Gasteiger partial charge in [0.25, 0.3) is 0 Å². The van der Waals surface area contributed by atoms with Crippen molar-refractivity contribution in [1.29, 1.82) is 0 Å². The molecule has 196 valence electrons. The SMILES string of the molecule is CCCCCCCCCCCCCCC(C(=O)c1ccc(OC)cn1)c1sc(N)nc1-c1ccco1. The third kappa shape index (κ3) is 8.47. The van der Waals surface area contributed by atoms with Gasteiger partial charge in [-0.1, -0.05) is 84.0 Å². The number of carbonyl (C=O) groups excluding carboxylic acids is 1. The molecule has 0 saturated carbocycles. The number of methoxy groups -OCH3 is 1. The fourth-order valence-corrected chi connectivity index (χ4v) is 5.54. The van der Waals surface area contributed by atoms with Crippen molar-refractivity contribution in [2.45, 2.75) is 96.3 Å². The summed E-state index contributed by atoms with van der Waals surface area (Å²) < 4.78 is 10.8. The minimum atomic E-state index is -0.357. The number of Topliss-reactive ketones (excluding diaryl/α,β-unsaturated/α-hetero) is 1. The second-order valence-electron chi connectivity index (χ2n) is 9.42. The molecule has 3 aromatic rings. The van der Waals surface area contributed by atoms with E-state index >= 15 is 0 Å². The number of thiazole rings is 1. The van der Waals surface area contributed by atoms with Crippen molar-refractivity contribution < 1.29 is 13.9 Å². The minimum Gasteiger partial charge on any atom is -0.495 e. The zero-order chi connectivity index (χ0) is 25.6. The van der Waals surface area contributed by atoms with E-state index in [2.05, 4.69) is 16.9 Å². The zero-order valence-corrected chi connectivity index (χ0v) is 22.7. The Kier molecular flexibility index (Phi) is 12.0. The van der Waals surface area contributed by atoms with Crippen LogP contribution in [0.4, 0.5) is 5.13 Å². The molecule has 0 amide bonds. The molecule has 0 aromatic carbocycles. The van der Waals surface area contributed by atoms with Crippen LogP contribution in [0.2, 0.25) is 0 Å². The number of ether oxygens (including phenoxy) is 1. The lowest BCUT2D eigenvalue weighted by Crippen LogP contribution is -2.14. The Balaban J connectivity index is 1.57. The molecule has 0 aliphatic rings. The first-order valence-corrected chi connectivity index (χ1v) is 14.3. The molecule has 3 aromatic heterocycles. The number of anilines is 1. The van der Waals surface area contributed by atoms with Crippen LogP contribution in [0.5, 0.6) is 5.75 Å². The van der Waals surface area contributed by atoms with Gasteiger partial charge in [-0.05, 0) is 30.7 Å². The summed E-state index contributed by atoms with van der Waals surface area (Å²) in [6, 6.07) is 7.18. The number of hydrogen-bond acceptors (Lipinski definition) is 7. The average molecular weight is 512 g/mol. The van der Waals surface area contributed by atoms with Crippen LogP contribution in [-0.2, 0) is 0 Å². The fourth-order valence-electron chi connectivity index (χ4n) is 4.57. The molecule has 0 saturated heterocycles. The molecule has 1 atom stereocenters. The maximum absolute atomic E-state index is 13.6. The molecule has 3 rings (SSSR count). The number of aromatic nitrogens is 2. The predicted molar refractivity (Wildman–Crippen MR) is 148 cm³/mol. The van der Waals surface area contributed by atoms with E-state index in [1.807, 2.05) is 12.1 Å². The van der Waals surface area contributed by atoms with Gasteiger partial charge in [-0.15, -0.1) is 11.3 Å². The number of nitrogens with zero attached hydrogens (tertiary/aromatic N) is 2. The molecular weight excluding hydrogens is 470 g/mol. The van der Waals surface area contributed by atoms with Crippen molar-refractivity contribution >= 4 is 22.3 Å². The molecule has 0 bridgehead atoms. The molecule has 7 heteroatoms. The van der Waals surface area contributed by atoms with E-state index in [4.69, 9.17) is 14.9 Å². The van der Waals surface area contributed by atoms with Gasteiger partial charge in [0.15, 0.2) is 16.7 Å². The third-order valence-electron chi connectivity index (χ3n) is 6.63. The highest BCUT2D eigenvalue weighted by atomic mass is 32.1. The van der Waals surface area contributed by atoms with Gasteiger partial charge in [-0.3, -0.25) is 4.79 Å². The molecule has 0 aliphatic heterocycles. The molecule has 2 N–H and O–H groups in total. The van der Waals surface area contributed by atoms with Gasteiger partial charge < -0.3 is 14.9 Å². The number of ketones is 1. The normalized spacial score (nSPS) is 12.1. The van der Waals surface area contributed by atoms with Crippen LogP contribution < -0.4 is 10.5 Å². The highest BCUT2D eigenvalue weighted by Crippen LogP contribution is 2.39. The maximum atomic E-state index is 13.6. The quantitative estimate of drug-likeness (QED) is 0.136. The standard InChI is InChI=1S/C29H41N3O3S/c1-3-4-5-6-7-8-9-10-11-12-13-14-16-23(27(33)24-19-18-22(34-2)21-31-24)28-26(32-29(30)36-28)25-17-15-20-35-25/h15,17-21,23H,3-14,16H2,1-2H3,(H2,30,32). The van der Waals surface area contributed by atoms with Crippen LogP contribution in [0.25, 0.3) is 11.5 Å². The summed E-state index contributed by atoms with van der Waals surface area (Å²) >= 11 is 1.37. The number of nitrogen functional groups attached to an aromatic ring is 1. The van der Waals surface area contributed by atoms with Gasteiger partial charge in [0, 0.05) is 4.88 Å². The second-order valence-corrected chi connectivity index (χ2v) is 10.5. The molecule has 0 radical (unpaired) electrons. The van der Waals surface area contributed by atoms with E-state index in [1.54, 1.807) is 31.7 Å². The van der Waals surface area contributed by atoms with Gasteiger partial charge in [-0.2, -0.15) is 0 Å². The highest BCUT2D eigenvalue weighted by Gasteiger charge is 2.29. The summed E-state index contributed by atoms with van der Waals surface area (Å²) in [6.45, 7) is 2.26. The fraction of sp³-hybridized carbons (Fsp3) is 0.552. The van der Waals surface area contributed by atoms with Crippen LogP contribution in [0.3, 0.4) is 0 Å². The molecule has 0 spiro atoms. The Morgan fingerprint density at radius 3 is 2.22 bits per heavy atom.